The van der Waals surface area contributed by atoms with Crippen molar-refractivity contribution >= 4 is 28.5 Å². The molecule has 0 aliphatic rings. The lowest BCUT2D eigenvalue weighted by atomic mass is 10.1. The summed E-state index contributed by atoms with van der Waals surface area (Å²) >= 11 is 2.19. The molecule has 100 valence electrons. The summed E-state index contributed by atoms with van der Waals surface area (Å²) in [5.74, 6) is -0.0822. The molecule has 0 aliphatic heterocycles. The zero-order valence-electron chi connectivity index (χ0n) is 10.8. The molecule has 1 N–H and O–H groups in total. The lowest BCUT2D eigenvalue weighted by Gasteiger charge is -2.15. The van der Waals surface area contributed by atoms with Crippen LogP contribution in [0.15, 0.2) is 18.2 Å². The third-order valence-corrected chi connectivity index (χ3v) is 4.04. The molecule has 0 aliphatic carbocycles. The molecular formula is C13H18INO3. The number of rotatable bonds is 6. The highest BCUT2D eigenvalue weighted by Gasteiger charge is 2.13. The summed E-state index contributed by atoms with van der Waals surface area (Å²) in [5, 5.41) is 2.85. The molecule has 1 rings (SSSR count). The lowest BCUT2D eigenvalue weighted by Crippen LogP contribution is -2.35. The van der Waals surface area contributed by atoms with Crippen LogP contribution in [-0.2, 0) is 9.47 Å². The van der Waals surface area contributed by atoms with E-state index in [-0.39, 0.29) is 12.0 Å². The Balaban J connectivity index is 2.62. The van der Waals surface area contributed by atoms with Crippen molar-refractivity contribution < 1.29 is 14.3 Å². The summed E-state index contributed by atoms with van der Waals surface area (Å²) < 4.78 is 11.2. The molecule has 0 heterocycles. The molecular weight excluding hydrogens is 345 g/mol. The van der Waals surface area contributed by atoms with Gasteiger partial charge in [0.1, 0.15) is 0 Å². The van der Waals surface area contributed by atoms with E-state index in [0.29, 0.717) is 18.7 Å². The first-order valence-corrected chi connectivity index (χ1v) is 6.73. The maximum atomic E-state index is 12.0. The van der Waals surface area contributed by atoms with E-state index >= 15 is 0 Å². The highest BCUT2D eigenvalue weighted by molar-refractivity contribution is 14.1. The van der Waals surface area contributed by atoms with Crippen molar-refractivity contribution in [2.45, 2.75) is 13.0 Å². The van der Waals surface area contributed by atoms with Crippen LogP contribution in [0.25, 0.3) is 0 Å². The van der Waals surface area contributed by atoms with Gasteiger partial charge in [0.15, 0.2) is 0 Å². The monoisotopic (exact) mass is 363 g/mol. The van der Waals surface area contributed by atoms with E-state index in [1.807, 2.05) is 25.1 Å². The molecule has 0 fully saturated rings. The summed E-state index contributed by atoms with van der Waals surface area (Å²) in [6.45, 7) is 2.89. The van der Waals surface area contributed by atoms with Crippen LogP contribution in [0.5, 0.6) is 0 Å². The zero-order chi connectivity index (χ0) is 13.5. The molecule has 0 saturated carbocycles. The average molecular weight is 363 g/mol. The summed E-state index contributed by atoms with van der Waals surface area (Å²) in [7, 11) is 3.21. The molecule has 1 aromatic rings. The Morgan fingerprint density at radius 3 is 2.78 bits per heavy atom. The van der Waals surface area contributed by atoms with Crippen molar-refractivity contribution in [2.24, 2.45) is 0 Å². The van der Waals surface area contributed by atoms with E-state index in [9.17, 15) is 4.79 Å². The fourth-order valence-electron chi connectivity index (χ4n) is 1.52. The van der Waals surface area contributed by atoms with Crippen LogP contribution < -0.4 is 5.32 Å². The van der Waals surface area contributed by atoms with Crippen molar-refractivity contribution in [3.8, 4) is 0 Å². The number of nitrogens with one attached hydrogen (secondary N) is 1. The molecule has 0 aromatic heterocycles. The second-order valence-electron chi connectivity index (χ2n) is 3.96. The number of amides is 1. The van der Waals surface area contributed by atoms with Crippen LogP contribution in [-0.4, -0.2) is 39.4 Å². The number of methoxy groups -OCH3 is 2. The maximum Gasteiger partial charge on any atom is 0.252 e. The Labute approximate surface area is 121 Å². The Bertz CT molecular complexity index is 409. The van der Waals surface area contributed by atoms with E-state index in [2.05, 4.69) is 27.9 Å². The second-order valence-corrected chi connectivity index (χ2v) is 5.04. The molecule has 1 unspecified atom stereocenters. The van der Waals surface area contributed by atoms with Crippen LogP contribution >= 0.6 is 22.6 Å². The molecule has 1 amide bonds. The molecule has 0 radical (unpaired) electrons. The van der Waals surface area contributed by atoms with Gasteiger partial charge in [-0.1, -0.05) is 12.1 Å². The van der Waals surface area contributed by atoms with E-state index in [1.165, 1.54) is 0 Å². The van der Waals surface area contributed by atoms with E-state index in [4.69, 9.17) is 9.47 Å². The summed E-state index contributed by atoms with van der Waals surface area (Å²) in [6, 6.07) is 5.69. The molecule has 1 aromatic carbocycles. The van der Waals surface area contributed by atoms with Gasteiger partial charge in [-0.25, -0.2) is 0 Å². The largest absolute Gasteiger partial charge is 0.382 e. The Hall–Kier alpha value is -0.660. The highest BCUT2D eigenvalue weighted by atomic mass is 127. The second kappa shape index (κ2) is 7.70. The minimum absolute atomic E-state index is 0.0822. The van der Waals surface area contributed by atoms with Gasteiger partial charge in [0, 0.05) is 24.3 Å². The molecule has 18 heavy (non-hydrogen) atoms. The standard InChI is InChI=1S/C13H18INO3/c1-9-5-4-6-11(12(9)14)13(16)15-7-10(18-3)8-17-2/h4-6,10H,7-8H2,1-3H3,(H,15,16). The van der Waals surface area contributed by atoms with Gasteiger partial charge in [-0.15, -0.1) is 0 Å². The molecule has 4 nitrogen and oxygen atoms in total. The van der Waals surface area contributed by atoms with Gasteiger partial charge in [0.2, 0.25) is 0 Å². The summed E-state index contributed by atoms with van der Waals surface area (Å²) in [6.07, 6.45) is -0.124. The Kier molecular flexibility index (Phi) is 6.59. The number of hydrogen-bond donors (Lipinski definition) is 1. The van der Waals surface area contributed by atoms with Crippen molar-refractivity contribution in [1.82, 2.24) is 5.32 Å². The Morgan fingerprint density at radius 2 is 2.17 bits per heavy atom. The minimum Gasteiger partial charge on any atom is -0.382 e. The fraction of sp³-hybridized carbons (Fsp3) is 0.462. The van der Waals surface area contributed by atoms with Crippen LogP contribution in [0.1, 0.15) is 15.9 Å². The third-order valence-electron chi connectivity index (χ3n) is 2.61. The number of ether oxygens (including phenoxy) is 2. The van der Waals surface area contributed by atoms with Crippen LogP contribution in [0.4, 0.5) is 0 Å². The SMILES string of the molecule is COCC(CNC(=O)c1cccc(C)c1I)OC. The molecule has 0 saturated heterocycles. The molecule has 0 spiro atoms. The van der Waals surface area contributed by atoms with Crippen molar-refractivity contribution in [3.63, 3.8) is 0 Å². The predicted octanol–water partition coefficient (Wildman–Crippen LogP) is 1.99. The van der Waals surface area contributed by atoms with Crippen molar-refractivity contribution in [2.75, 3.05) is 27.4 Å². The van der Waals surface area contributed by atoms with Gasteiger partial charge in [0.25, 0.3) is 5.91 Å². The highest BCUT2D eigenvalue weighted by Crippen LogP contribution is 2.16. The number of carbonyl (C=O) groups is 1. The van der Waals surface area contributed by atoms with Gasteiger partial charge in [0.05, 0.1) is 18.3 Å². The van der Waals surface area contributed by atoms with Crippen molar-refractivity contribution in [3.05, 3.63) is 32.9 Å². The zero-order valence-corrected chi connectivity index (χ0v) is 13.0. The maximum absolute atomic E-state index is 12.0. The first-order valence-electron chi connectivity index (χ1n) is 5.65. The number of hydrogen-bond acceptors (Lipinski definition) is 3. The topological polar surface area (TPSA) is 47.6 Å². The number of halogens is 1. The molecule has 1 atom stereocenters. The van der Waals surface area contributed by atoms with Gasteiger partial charge in [-0.2, -0.15) is 0 Å². The van der Waals surface area contributed by atoms with Gasteiger partial charge >= 0.3 is 0 Å². The first kappa shape index (κ1) is 15.4. The summed E-state index contributed by atoms with van der Waals surface area (Å²) in [4.78, 5) is 12.0. The van der Waals surface area contributed by atoms with E-state index in [0.717, 1.165) is 9.13 Å². The van der Waals surface area contributed by atoms with Crippen LogP contribution in [0.3, 0.4) is 0 Å². The normalized spacial score (nSPS) is 12.2. The third kappa shape index (κ3) is 4.22. The molecule has 0 bridgehead atoms. The molecule has 5 heteroatoms. The van der Waals surface area contributed by atoms with E-state index in [1.54, 1.807) is 14.2 Å². The van der Waals surface area contributed by atoms with E-state index < -0.39 is 0 Å². The van der Waals surface area contributed by atoms with Gasteiger partial charge < -0.3 is 14.8 Å². The number of carbonyl (C=O) groups excluding carboxylic acids is 1. The first-order chi connectivity index (χ1) is 8.60. The van der Waals surface area contributed by atoms with Gasteiger partial charge in [-0.05, 0) is 41.1 Å². The lowest BCUT2D eigenvalue weighted by molar-refractivity contribution is 0.0285. The number of benzene rings is 1. The van der Waals surface area contributed by atoms with Crippen LogP contribution in [0.2, 0.25) is 0 Å². The predicted molar refractivity (Wildman–Crippen MR) is 78.9 cm³/mol. The quantitative estimate of drug-likeness (QED) is 0.787. The van der Waals surface area contributed by atoms with Gasteiger partial charge in [-0.3, -0.25) is 4.79 Å². The van der Waals surface area contributed by atoms with Crippen molar-refractivity contribution in [1.29, 1.82) is 0 Å². The number of aryl methyl sites for hydroxylation is 1. The Morgan fingerprint density at radius 1 is 1.44 bits per heavy atom. The minimum atomic E-state index is -0.124. The average Bonchev–Trinajstić information content (AvgIpc) is 2.37. The van der Waals surface area contributed by atoms with Crippen LogP contribution in [0, 0.1) is 10.5 Å². The smallest absolute Gasteiger partial charge is 0.252 e. The fourth-order valence-corrected chi connectivity index (χ4v) is 2.13. The summed E-state index contributed by atoms with van der Waals surface area (Å²) in [5.41, 5.74) is 1.80.